The van der Waals surface area contributed by atoms with Gasteiger partial charge in [-0.3, -0.25) is 0 Å². The fourth-order valence-corrected chi connectivity index (χ4v) is 5.37. The first-order chi connectivity index (χ1) is 17.3. The van der Waals surface area contributed by atoms with Gasteiger partial charge in [0.25, 0.3) is 0 Å². The normalized spacial score (nSPS) is 21.2. The Labute approximate surface area is 209 Å². The zero-order valence-electron chi connectivity index (χ0n) is 21.1. The monoisotopic (exact) mass is 479 g/mol. The summed E-state index contributed by atoms with van der Waals surface area (Å²) in [5.41, 5.74) is 1.80. The van der Waals surface area contributed by atoms with Crippen LogP contribution in [0.5, 0.6) is 5.75 Å². The summed E-state index contributed by atoms with van der Waals surface area (Å²) in [6.07, 6.45) is 15.5. The molecule has 1 aromatic heterocycles. The van der Waals surface area contributed by atoms with Gasteiger partial charge in [-0.15, -0.1) is 0 Å². The fourth-order valence-electron chi connectivity index (χ4n) is 5.37. The van der Waals surface area contributed by atoms with Crippen LogP contribution in [-0.4, -0.2) is 73.4 Å². The predicted molar refractivity (Wildman–Crippen MR) is 140 cm³/mol. The lowest BCUT2D eigenvalue weighted by atomic mass is 10.1. The van der Waals surface area contributed by atoms with Gasteiger partial charge in [0, 0.05) is 25.3 Å². The third-order valence-corrected chi connectivity index (χ3v) is 7.40. The van der Waals surface area contributed by atoms with E-state index in [2.05, 4.69) is 22.0 Å². The molecule has 0 radical (unpaired) electrons. The molecular weight excluding hydrogens is 438 g/mol. The minimum atomic E-state index is 0.0744. The maximum atomic E-state index is 6.13. The molecule has 1 aromatic carbocycles. The molecule has 0 saturated carbocycles. The van der Waals surface area contributed by atoms with Crippen molar-refractivity contribution < 1.29 is 13.9 Å². The van der Waals surface area contributed by atoms with Gasteiger partial charge >= 0.3 is 0 Å². The summed E-state index contributed by atoms with van der Waals surface area (Å²) in [7, 11) is 0. The van der Waals surface area contributed by atoms with E-state index in [0.29, 0.717) is 5.89 Å². The van der Waals surface area contributed by atoms with Crippen LogP contribution >= 0.6 is 0 Å². The Bertz CT molecular complexity index is 1020. The summed E-state index contributed by atoms with van der Waals surface area (Å²) >= 11 is 0. The zero-order valence-corrected chi connectivity index (χ0v) is 21.1. The van der Waals surface area contributed by atoms with Crippen LogP contribution in [0, 0.1) is 0 Å². The molecule has 3 aliphatic rings. The average molecular weight is 480 g/mol. The van der Waals surface area contributed by atoms with Crippen molar-refractivity contribution in [3.8, 4) is 17.2 Å². The smallest absolute Gasteiger partial charge is 0.227 e. The van der Waals surface area contributed by atoms with Crippen LogP contribution in [-0.2, 0) is 4.74 Å². The highest BCUT2D eigenvalue weighted by Gasteiger charge is 2.15. The summed E-state index contributed by atoms with van der Waals surface area (Å²) in [6.45, 7) is 8.82. The summed E-state index contributed by atoms with van der Waals surface area (Å²) in [4.78, 5) is 9.83. The van der Waals surface area contributed by atoms with E-state index in [1.807, 2.05) is 24.3 Å². The number of aromatic nitrogens is 1. The first-order valence-electron chi connectivity index (χ1n) is 13.8. The van der Waals surface area contributed by atoms with Crippen LogP contribution in [0.15, 0.2) is 28.7 Å². The topological polar surface area (TPSA) is 51.0 Å². The molecule has 3 heterocycles. The first kappa shape index (κ1) is 24.5. The van der Waals surface area contributed by atoms with Crippen molar-refractivity contribution >= 4 is 12.2 Å². The molecule has 6 heteroatoms. The van der Waals surface area contributed by atoms with Gasteiger partial charge in [0.2, 0.25) is 5.89 Å². The van der Waals surface area contributed by atoms with Crippen molar-refractivity contribution in [3.05, 3.63) is 35.0 Å². The Morgan fingerprint density at radius 3 is 2.17 bits per heavy atom. The van der Waals surface area contributed by atoms with Gasteiger partial charge in [0.05, 0.1) is 12.7 Å². The number of piperidine rings is 2. The van der Waals surface area contributed by atoms with E-state index in [4.69, 9.17) is 18.9 Å². The lowest BCUT2D eigenvalue weighted by Crippen LogP contribution is -2.32. The first-order valence-corrected chi connectivity index (χ1v) is 13.8. The summed E-state index contributed by atoms with van der Waals surface area (Å²) in [6, 6.07) is 8.10. The SMILES string of the molecule is C1=c2nc(-c3ccc(OCCCN4CCCCC4)cc3)oc2=CC(OCCCN2CCCCC2)C1. The van der Waals surface area contributed by atoms with E-state index in [1.165, 1.54) is 64.7 Å². The number of rotatable bonds is 11. The Morgan fingerprint density at radius 2 is 1.49 bits per heavy atom. The van der Waals surface area contributed by atoms with Crippen LogP contribution in [0.1, 0.15) is 57.8 Å². The number of benzene rings is 1. The number of likely N-dealkylation sites (tertiary alicyclic amines) is 2. The van der Waals surface area contributed by atoms with Crippen molar-refractivity contribution in [2.24, 2.45) is 0 Å². The molecule has 2 aliphatic heterocycles. The van der Waals surface area contributed by atoms with Crippen molar-refractivity contribution in [2.45, 2.75) is 63.9 Å². The largest absolute Gasteiger partial charge is 0.494 e. The highest BCUT2D eigenvalue weighted by Crippen LogP contribution is 2.20. The predicted octanol–water partition coefficient (Wildman–Crippen LogP) is 3.82. The molecule has 0 N–H and O–H groups in total. The van der Waals surface area contributed by atoms with Crippen LogP contribution in [0.25, 0.3) is 23.6 Å². The fraction of sp³-hybridized carbons (Fsp3) is 0.621. The molecular formula is C29H41N3O3. The third-order valence-electron chi connectivity index (χ3n) is 7.40. The summed E-state index contributed by atoms with van der Waals surface area (Å²) < 4.78 is 18.2. The van der Waals surface area contributed by atoms with Crippen molar-refractivity contribution in [1.82, 2.24) is 14.8 Å². The molecule has 2 aromatic rings. The van der Waals surface area contributed by atoms with Crippen LogP contribution < -0.4 is 15.5 Å². The lowest BCUT2D eigenvalue weighted by Gasteiger charge is -2.26. The Kier molecular flexibility index (Phi) is 8.91. The van der Waals surface area contributed by atoms with Crippen molar-refractivity contribution in [2.75, 3.05) is 52.5 Å². The van der Waals surface area contributed by atoms with Gasteiger partial charge in [0.15, 0.2) is 5.42 Å². The van der Waals surface area contributed by atoms with Gasteiger partial charge in [-0.1, -0.05) is 18.9 Å². The molecule has 0 amide bonds. The number of hydrogen-bond acceptors (Lipinski definition) is 6. The minimum Gasteiger partial charge on any atom is -0.494 e. The second kappa shape index (κ2) is 12.7. The molecule has 1 aliphatic carbocycles. The number of oxazole rings is 1. The number of fused-ring (bicyclic) bond motifs is 1. The standard InChI is InChI=1S/C29H41N3O3/c1-3-15-31(16-4-1)19-7-21-33-25-11-9-24(10-12-25)29-30-27-14-13-26(23-28(27)35-29)34-22-8-20-32-17-5-2-6-18-32/h9-12,14,23,26H,1-8,13,15-22H2. The van der Waals surface area contributed by atoms with Crippen LogP contribution in [0.2, 0.25) is 0 Å². The molecule has 35 heavy (non-hydrogen) atoms. The van der Waals surface area contributed by atoms with Crippen LogP contribution in [0.3, 0.4) is 0 Å². The molecule has 0 spiro atoms. The van der Waals surface area contributed by atoms with Crippen LogP contribution in [0.4, 0.5) is 0 Å². The van der Waals surface area contributed by atoms with E-state index < -0.39 is 0 Å². The molecule has 190 valence electrons. The Balaban J connectivity index is 1.07. The minimum absolute atomic E-state index is 0.0744. The molecule has 1 unspecified atom stereocenters. The van der Waals surface area contributed by atoms with Gasteiger partial charge in [-0.25, -0.2) is 4.98 Å². The molecule has 6 nitrogen and oxygen atoms in total. The zero-order chi connectivity index (χ0) is 23.7. The van der Waals surface area contributed by atoms with E-state index in [9.17, 15) is 0 Å². The van der Waals surface area contributed by atoms with E-state index in [-0.39, 0.29) is 6.10 Å². The maximum Gasteiger partial charge on any atom is 0.227 e. The van der Waals surface area contributed by atoms with Gasteiger partial charge < -0.3 is 23.7 Å². The second-order valence-electron chi connectivity index (χ2n) is 10.2. The molecule has 1 atom stereocenters. The number of ether oxygens (including phenoxy) is 2. The Hall–Kier alpha value is -2.15. The van der Waals surface area contributed by atoms with Gasteiger partial charge in [-0.05, 0) is 101 Å². The molecule has 5 rings (SSSR count). The van der Waals surface area contributed by atoms with E-state index in [0.717, 1.165) is 67.6 Å². The number of hydrogen-bond donors (Lipinski definition) is 0. The summed E-state index contributed by atoms with van der Waals surface area (Å²) in [5.74, 6) is 1.56. The highest BCUT2D eigenvalue weighted by atomic mass is 16.5. The van der Waals surface area contributed by atoms with E-state index >= 15 is 0 Å². The second-order valence-corrected chi connectivity index (χ2v) is 10.2. The highest BCUT2D eigenvalue weighted by molar-refractivity contribution is 5.55. The van der Waals surface area contributed by atoms with Gasteiger partial charge in [0.1, 0.15) is 11.1 Å². The van der Waals surface area contributed by atoms with Crippen molar-refractivity contribution in [1.29, 1.82) is 0 Å². The molecule has 0 bridgehead atoms. The quantitative estimate of drug-likeness (QED) is 0.457. The number of nitrogens with zero attached hydrogens (tertiary/aromatic N) is 3. The average Bonchev–Trinajstić information content (AvgIpc) is 3.34. The van der Waals surface area contributed by atoms with Gasteiger partial charge in [-0.2, -0.15) is 0 Å². The molecule has 2 fully saturated rings. The van der Waals surface area contributed by atoms with Crippen molar-refractivity contribution in [3.63, 3.8) is 0 Å². The molecule has 2 saturated heterocycles. The third kappa shape index (κ3) is 7.18. The van der Waals surface area contributed by atoms with E-state index in [1.54, 1.807) is 0 Å². The Morgan fingerprint density at radius 1 is 0.829 bits per heavy atom. The summed E-state index contributed by atoms with van der Waals surface area (Å²) in [5, 5.41) is 0.922. The maximum absolute atomic E-state index is 6.13. The lowest BCUT2D eigenvalue weighted by molar-refractivity contribution is 0.0859.